The van der Waals surface area contributed by atoms with Crippen molar-refractivity contribution in [3.63, 3.8) is 0 Å². The highest BCUT2D eigenvalue weighted by molar-refractivity contribution is 9.10. The molecule has 0 heterocycles. The summed E-state index contributed by atoms with van der Waals surface area (Å²) in [7, 11) is 2.90. The van der Waals surface area contributed by atoms with Crippen molar-refractivity contribution < 1.29 is 13.9 Å². The lowest BCUT2D eigenvalue weighted by atomic mass is 10.0. The molecular formula is C11H13BrFNO2. The van der Waals surface area contributed by atoms with Crippen LogP contribution in [0.25, 0.3) is 0 Å². The van der Waals surface area contributed by atoms with Crippen molar-refractivity contribution in [3.8, 4) is 11.5 Å². The largest absolute Gasteiger partial charge is 0.492 e. The average molecular weight is 290 g/mol. The number of hydrogen-bond acceptors (Lipinski definition) is 3. The molecule has 0 unspecified atom stereocenters. The van der Waals surface area contributed by atoms with Crippen molar-refractivity contribution in [3.05, 3.63) is 21.9 Å². The number of benzene rings is 1. The highest BCUT2D eigenvalue weighted by Gasteiger charge is 2.43. The lowest BCUT2D eigenvalue weighted by molar-refractivity contribution is 0.331. The lowest BCUT2D eigenvalue weighted by Crippen LogP contribution is -2.20. The van der Waals surface area contributed by atoms with Gasteiger partial charge in [-0.3, -0.25) is 0 Å². The van der Waals surface area contributed by atoms with Crippen LogP contribution in [-0.4, -0.2) is 14.2 Å². The molecule has 0 aliphatic heterocycles. The minimum absolute atomic E-state index is 0.101. The van der Waals surface area contributed by atoms with Crippen LogP contribution in [0.5, 0.6) is 11.5 Å². The van der Waals surface area contributed by atoms with Crippen molar-refractivity contribution in [2.45, 2.75) is 18.4 Å². The molecule has 0 spiro atoms. The van der Waals surface area contributed by atoms with Gasteiger partial charge in [0.15, 0.2) is 17.3 Å². The Bertz CT molecular complexity index is 432. The van der Waals surface area contributed by atoms with Crippen molar-refractivity contribution in [1.82, 2.24) is 0 Å². The summed E-state index contributed by atoms with van der Waals surface area (Å²) in [6.07, 6.45) is 1.76. The molecule has 3 nitrogen and oxygen atoms in total. The van der Waals surface area contributed by atoms with Crippen LogP contribution in [-0.2, 0) is 5.54 Å². The predicted molar refractivity (Wildman–Crippen MR) is 62.3 cm³/mol. The smallest absolute Gasteiger partial charge is 0.198 e. The zero-order valence-electron chi connectivity index (χ0n) is 9.14. The molecule has 1 aliphatic carbocycles. The first-order chi connectivity index (χ1) is 7.53. The molecule has 2 rings (SSSR count). The van der Waals surface area contributed by atoms with Crippen molar-refractivity contribution >= 4 is 15.9 Å². The summed E-state index contributed by atoms with van der Waals surface area (Å²) < 4.78 is 24.3. The van der Waals surface area contributed by atoms with E-state index in [2.05, 4.69) is 15.9 Å². The number of rotatable bonds is 3. The van der Waals surface area contributed by atoms with Crippen molar-refractivity contribution in [2.75, 3.05) is 14.2 Å². The Hall–Kier alpha value is -0.810. The van der Waals surface area contributed by atoms with Crippen molar-refractivity contribution in [1.29, 1.82) is 0 Å². The Morgan fingerprint density at radius 3 is 2.31 bits per heavy atom. The molecule has 88 valence electrons. The molecule has 0 atom stereocenters. The summed E-state index contributed by atoms with van der Waals surface area (Å²) in [5, 5.41) is 0. The fourth-order valence-corrected chi connectivity index (χ4v) is 2.15. The van der Waals surface area contributed by atoms with Crippen LogP contribution >= 0.6 is 15.9 Å². The highest BCUT2D eigenvalue weighted by Crippen LogP contribution is 2.51. The minimum atomic E-state index is -0.465. The van der Waals surface area contributed by atoms with E-state index < -0.39 is 11.4 Å². The van der Waals surface area contributed by atoms with Crippen LogP contribution in [0, 0.1) is 5.82 Å². The Balaban J connectivity index is 2.64. The molecule has 1 aromatic carbocycles. The molecule has 1 aromatic rings. The van der Waals surface area contributed by atoms with Gasteiger partial charge in [0.25, 0.3) is 0 Å². The van der Waals surface area contributed by atoms with E-state index in [4.69, 9.17) is 15.2 Å². The predicted octanol–water partition coefficient (Wildman–Crippen LogP) is 2.55. The molecule has 2 N–H and O–H groups in total. The summed E-state index contributed by atoms with van der Waals surface area (Å²) in [5.74, 6) is 0.0270. The third kappa shape index (κ3) is 1.68. The third-order valence-corrected chi connectivity index (χ3v) is 3.44. The zero-order valence-corrected chi connectivity index (χ0v) is 10.7. The summed E-state index contributed by atoms with van der Waals surface area (Å²) >= 11 is 3.16. The number of methoxy groups -OCH3 is 2. The molecule has 0 aromatic heterocycles. The fourth-order valence-electron chi connectivity index (χ4n) is 1.74. The highest BCUT2D eigenvalue weighted by atomic mass is 79.9. The molecule has 0 radical (unpaired) electrons. The van der Waals surface area contributed by atoms with E-state index in [0.29, 0.717) is 10.2 Å². The van der Waals surface area contributed by atoms with Gasteiger partial charge in [0.1, 0.15) is 0 Å². The molecule has 5 heteroatoms. The monoisotopic (exact) mass is 289 g/mol. The van der Waals surface area contributed by atoms with Crippen LogP contribution in [0.15, 0.2) is 10.5 Å². The Morgan fingerprint density at radius 1 is 1.31 bits per heavy atom. The first kappa shape index (κ1) is 11.7. The first-order valence-corrected chi connectivity index (χ1v) is 5.72. The van der Waals surface area contributed by atoms with E-state index in [1.807, 2.05) is 0 Å². The van der Waals surface area contributed by atoms with Gasteiger partial charge in [-0.05, 0) is 34.8 Å². The van der Waals surface area contributed by atoms with E-state index in [0.717, 1.165) is 18.4 Å². The van der Waals surface area contributed by atoms with Gasteiger partial charge >= 0.3 is 0 Å². The summed E-state index contributed by atoms with van der Waals surface area (Å²) in [5.41, 5.74) is 6.51. The maximum absolute atomic E-state index is 13.7. The zero-order chi connectivity index (χ0) is 11.9. The van der Waals surface area contributed by atoms with Gasteiger partial charge in [0.2, 0.25) is 0 Å². The SMILES string of the molecule is COc1c(C2(N)CC2)cc(Br)c(F)c1OC. The molecule has 0 saturated heterocycles. The summed E-state index contributed by atoms with van der Waals surface area (Å²) in [6, 6.07) is 1.67. The van der Waals surface area contributed by atoms with Gasteiger partial charge in [-0.25, -0.2) is 4.39 Å². The van der Waals surface area contributed by atoms with Gasteiger partial charge in [-0.15, -0.1) is 0 Å². The van der Waals surface area contributed by atoms with Crippen LogP contribution < -0.4 is 15.2 Å². The van der Waals surface area contributed by atoms with E-state index in [9.17, 15) is 4.39 Å². The third-order valence-electron chi connectivity index (χ3n) is 2.86. The Morgan fingerprint density at radius 2 is 1.88 bits per heavy atom. The standard InChI is InChI=1S/C11H13BrFNO2/c1-15-9-6(11(14)3-4-11)5-7(12)8(13)10(9)16-2/h5H,3-4,14H2,1-2H3. The Kier molecular flexibility index (Phi) is 2.84. The second kappa shape index (κ2) is 3.89. The fraction of sp³-hybridized carbons (Fsp3) is 0.455. The summed E-state index contributed by atoms with van der Waals surface area (Å²) in [4.78, 5) is 0. The topological polar surface area (TPSA) is 44.5 Å². The molecule has 0 amide bonds. The van der Waals surface area contributed by atoms with Crippen LogP contribution in [0.2, 0.25) is 0 Å². The number of halogens is 2. The molecule has 0 bridgehead atoms. The first-order valence-electron chi connectivity index (χ1n) is 4.93. The Labute approximate surface area is 102 Å². The minimum Gasteiger partial charge on any atom is -0.492 e. The molecule has 1 fully saturated rings. The normalized spacial score (nSPS) is 17.1. The maximum atomic E-state index is 13.7. The van der Waals surface area contributed by atoms with Crippen LogP contribution in [0.4, 0.5) is 4.39 Å². The van der Waals surface area contributed by atoms with Gasteiger partial charge in [0.05, 0.1) is 18.7 Å². The van der Waals surface area contributed by atoms with Crippen LogP contribution in [0.1, 0.15) is 18.4 Å². The molecular weight excluding hydrogens is 277 g/mol. The molecule has 1 saturated carbocycles. The van der Waals surface area contributed by atoms with Gasteiger partial charge < -0.3 is 15.2 Å². The number of nitrogens with two attached hydrogens (primary N) is 1. The van der Waals surface area contributed by atoms with E-state index in [1.165, 1.54) is 14.2 Å². The van der Waals surface area contributed by atoms with E-state index in [1.54, 1.807) is 6.07 Å². The van der Waals surface area contributed by atoms with E-state index >= 15 is 0 Å². The van der Waals surface area contributed by atoms with Gasteiger partial charge in [-0.1, -0.05) is 0 Å². The maximum Gasteiger partial charge on any atom is 0.198 e. The average Bonchev–Trinajstić information content (AvgIpc) is 3.00. The summed E-state index contributed by atoms with van der Waals surface area (Å²) in [6.45, 7) is 0. The second-order valence-electron chi connectivity index (χ2n) is 3.94. The van der Waals surface area contributed by atoms with Gasteiger partial charge in [0, 0.05) is 11.1 Å². The lowest BCUT2D eigenvalue weighted by Gasteiger charge is -2.18. The molecule has 1 aliphatic rings. The number of hydrogen-bond donors (Lipinski definition) is 1. The van der Waals surface area contributed by atoms with E-state index in [-0.39, 0.29) is 5.75 Å². The van der Waals surface area contributed by atoms with Crippen LogP contribution in [0.3, 0.4) is 0 Å². The second-order valence-corrected chi connectivity index (χ2v) is 4.80. The number of ether oxygens (including phenoxy) is 2. The quantitative estimate of drug-likeness (QED) is 0.930. The van der Waals surface area contributed by atoms with Crippen molar-refractivity contribution in [2.24, 2.45) is 5.73 Å². The molecule has 16 heavy (non-hydrogen) atoms. The van der Waals surface area contributed by atoms with Gasteiger partial charge in [-0.2, -0.15) is 0 Å².